The molecule has 0 radical (unpaired) electrons. The molecule has 0 bridgehead atoms. The molecule has 1 aliphatic rings. The van der Waals surface area contributed by atoms with E-state index in [2.05, 4.69) is 16.4 Å². The van der Waals surface area contributed by atoms with E-state index in [0.29, 0.717) is 11.7 Å². The van der Waals surface area contributed by atoms with Crippen LogP contribution in [-0.4, -0.2) is 17.6 Å². The van der Waals surface area contributed by atoms with Crippen LogP contribution >= 0.6 is 24.0 Å². The van der Waals surface area contributed by atoms with Gasteiger partial charge in [0.05, 0.1) is 12.8 Å². The summed E-state index contributed by atoms with van der Waals surface area (Å²) in [5.74, 6) is 0.780. The maximum absolute atomic E-state index is 10.4. The highest BCUT2D eigenvalue weighted by molar-refractivity contribution is 14.0. The molecule has 1 atom stereocenters. The van der Waals surface area contributed by atoms with Crippen LogP contribution in [0.4, 0.5) is 5.69 Å². The Morgan fingerprint density at radius 2 is 2.08 bits per heavy atom. The van der Waals surface area contributed by atoms with Gasteiger partial charge in [-0.15, -0.1) is 24.0 Å². The van der Waals surface area contributed by atoms with Crippen LogP contribution in [0.3, 0.4) is 0 Å². The molecule has 0 saturated heterocycles. The van der Waals surface area contributed by atoms with E-state index in [0.717, 1.165) is 18.5 Å². The topological polar surface area (TPSA) is 83.8 Å². The molecule has 130 valence electrons. The smallest absolute Gasteiger partial charge is 0.193 e. The Labute approximate surface area is 159 Å². The number of aryl methyl sites for hydroxylation is 1. The summed E-state index contributed by atoms with van der Waals surface area (Å²) in [5, 5.41) is 13.6. The SMILES string of the molecule is CC(O)(CN=C(N)Nc1cccc2c1CCCC2)c1ccco1.I. The number of fused-ring (bicyclic) bond motifs is 1. The van der Waals surface area contributed by atoms with Crippen LogP contribution < -0.4 is 11.1 Å². The predicted octanol–water partition coefficient (Wildman–Crippen LogP) is 3.41. The predicted molar refractivity (Wildman–Crippen MR) is 107 cm³/mol. The van der Waals surface area contributed by atoms with Crippen LogP contribution in [0.5, 0.6) is 0 Å². The molecule has 24 heavy (non-hydrogen) atoms. The van der Waals surface area contributed by atoms with Crippen molar-refractivity contribution in [1.82, 2.24) is 0 Å². The van der Waals surface area contributed by atoms with E-state index in [4.69, 9.17) is 10.2 Å². The van der Waals surface area contributed by atoms with Crippen LogP contribution in [0, 0.1) is 0 Å². The van der Waals surface area contributed by atoms with Crippen LogP contribution in [0.2, 0.25) is 0 Å². The summed E-state index contributed by atoms with van der Waals surface area (Å²) < 4.78 is 5.24. The van der Waals surface area contributed by atoms with Gasteiger partial charge in [0.25, 0.3) is 0 Å². The molecule has 1 heterocycles. The van der Waals surface area contributed by atoms with Gasteiger partial charge in [-0.05, 0) is 61.9 Å². The Balaban J connectivity index is 0.00000208. The molecule has 1 aromatic heterocycles. The molecule has 0 saturated carbocycles. The Bertz CT molecular complexity index is 696. The first kappa shape index (κ1) is 18.8. The molecule has 1 unspecified atom stereocenters. The third kappa shape index (κ3) is 4.30. The van der Waals surface area contributed by atoms with Crippen molar-refractivity contribution in [1.29, 1.82) is 0 Å². The van der Waals surface area contributed by atoms with E-state index >= 15 is 0 Å². The van der Waals surface area contributed by atoms with E-state index in [9.17, 15) is 5.11 Å². The molecule has 6 heteroatoms. The van der Waals surface area contributed by atoms with Crippen molar-refractivity contribution in [3.8, 4) is 0 Å². The van der Waals surface area contributed by atoms with Gasteiger partial charge in [-0.2, -0.15) is 0 Å². The van der Waals surface area contributed by atoms with Crippen molar-refractivity contribution in [3.05, 3.63) is 53.5 Å². The zero-order valence-electron chi connectivity index (χ0n) is 13.8. The Hall–Kier alpha value is -1.54. The molecule has 3 rings (SSSR count). The second kappa shape index (κ2) is 8.02. The van der Waals surface area contributed by atoms with Crippen molar-refractivity contribution in [2.75, 3.05) is 11.9 Å². The number of guanidine groups is 1. The van der Waals surface area contributed by atoms with E-state index in [1.54, 1.807) is 19.1 Å². The second-order valence-corrected chi connectivity index (χ2v) is 6.23. The zero-order valence-corrected chi connectivity index (χ0v) is 16.1. The second-order valence-electron chi connectivity index (χ2n) is 6.23. The molecule has 0 fully saturated rings. The minimum absolute atomic E-state index is 0. The van der Waals surface area contributed by atoms with Crippen molar-refractivity contribution >= 4 is 35.6 Å². The monoisotopic (exact) mass is 441 g/mol. The summed E-state index contributed by atoms with van der Waals surface area (Å²) in [5.41, 5.74) is 8.55. The third-order valence-corrected chi connectivity index (χ3v) is 4.27. The van der Waals surface area contributed by atoms with E-state index < -0.39 is 5.60 Å². The maximum Gasteiger partial charge on any atom is 0.193 e. The Morgan fingerprint density at radius 1 is 1.29 bits per heavy atom. The number of benzene rings is 1. The Kier molecular flexibility index (Phi) is 6.28. The van der Waals surface area contributed by atoms with Gasteiger partial charge < -0.3 is 20.6 Å². The van der Waals surface area contributed by atoms with Crippen LogP contribution in [-0.2, 0) is 18.4 Å². The van der Waals surface area contributed by atoms with Crippen molar-refractivity contribution in [3.63, 3.8) is 0 Å². The average molecular weight is 441 g/mol. The van der Waals surface area contributed by atoms with Gasteiger partial charge in [0, 0.05) is 5.69 Å². The van der Waals surface area contributed by atoms with Crippen molar-refractivity contribution in [2.24, 2.45) is 10.7 Å². The van der Waals surface area contributed by atoms with Gasteiger partial charge in [-0.3, -0.25) is 0 Å². The molecular formula is C18H24IN3O2. The largest absolute Gasteiger partial charge is 0.466 e. The molecule has 0 spiro atoms. The highest BCUT2D eigenvalue weighted by atomic mass is 127. The summed E-state index contributed by atoms with van der Waals surface area (Å²) in [4.78, 5) is 4.27. The van der Waals surface area contributed by atoms with Gasteiger partial charge in [-0.1, -0.05) is 12.1 Å². The minimum atomic E-state index is -1.17. The lowest BCUT2D eigenvalue weighted by molar-refractivity contribution is 0.0438. The zero-order chi connectivity index (χ0) is 16.3. The number of nitrogens with one attached hydrogen (secondary N) is 1. The molecule has 0 amide bonds. The number of furan rings is 1. The molecule has 1 aromatic carbocycles. The van der Waals surface area contributed by atoms with Gasteiger partial charge >= 0.3 is 0 Å². The van der Waals surface area contributed by atoms with Gasteiger partial charge in [0.2, 0.25) is 0 Å². The van der Waals surface area contributed by atoms with Crippen LogP contribution in [0.15, 0.2) is 46.0 Å². The third-order valence-electron chi connectivity index (χ3n) is 4.27. The number of hydrogen-bond donors (Lipinski definition) is 3. The number of aliphatic hydroxyl groups is 1. The van der Waals surface area contributed by atoms with Crippen LogP contribution in [0.1, 0.15) is 36.7 Å². The molecular weight excluding hydrogens is 417 g/mol. The lowest BCUT2D eigenvalue weighted by Crippen LogP contribution is -2.29. The van der Waals surface area contributed by atoms with Gasteiger partial charge in [-0.25, -0.2) is 4.99 Å². The molecule has 1 aliphatic carbocycles. The summed E-state index contributed by atoms with van der Waals surface area (Å²) in [6, 6.07) is 9.71. The molecule has 5 nitrogen and oxygen atoms in total. The summed E-state index contributed by atoms with van der Waals surface area (Å²) in [7, 11) is 0. The normalized spacial score (nSPS) is 16.7. The quantitative estimate of drug-likeness (QED) is 0.386. The summed E-state index contributed by atoms with van der Waals surface area (Å²) in [6.45, 7) is 1.79. The fourth-order valence-corrected chi connectivity index (χ4v) is 2.98. The first-order chi connectivity index (χ1) is 11.1. The molecule has 4 N–H and O–H groups in total. The average Bonchev–Trinajstić information content (AvgIpc) is 3.09. The number of aliphatic imine (C=N–C) groups is 1. The summed E-state index contributed by atoms with van der Waals surface area (Å²) >= 11 is 0. The fourth-order valence-electron chi connectivity index (χ4n) is 2.98. The fraction of sp³-hybridized carbons (Fsp3) is 0.389. The number of anilines is 1. The van der Waals surface area contributed by atoms with Crippen molar-refractivity contribution < 1.29 is 9.52 Å². The van der Waals surface area contributed by atoms with Gasteiger partial charge in [0.1, 0.15) is 11.4 Å². The Morgan fingerprint density at radius 3 is 2.83 bits per heavy atom. The number of nitrogens with two attached hydrogens (primary N) is 1. The van der Waals surface area contributed by atoms with Crippen molar-refractivity contribution in [2.45, 2.75) is 38.2 Å². The number of halogens is 1. The number of hydrogen-bond acceptors (Lipinski definition) is 3. The highest BCUT2D eigenvalue weighted by Gasteiger charge is 2.26. The number of rotatable bonds is 4. The van der Waals surface area contributed by atoms with E-state index in [-0.39, 0.29) is 30.5 Å². The van der Waals surface area contributed by atoms with E-state index in [1.807, 2.05) is 12.1 Å². The highest BCUT2D eigenvalue weighted by Crippen LogP contribution is 2.27. The molecule has 0 aliphatic heterocycles. The molecule has 2 aromatic rings. The van der Waals surface area contributed by atoms with Crippen LogP contribution in [0.25, 0.3) is 0 Å². The standard InChI is InChI=1S/C18H23N3O2.HI/c1-18(22,16-10-5-11-23-16)12-20-17(19)21-15-9-4-7-13-6-2-3-8-14(13)15;/h4-5,7,9-11,22H,2-3,6,8,12H2,1H3,(H3,19,20,21);1H. The van der Waals surface area contributed by atoms with E-state index in [1.165, 1.54) is 30.2 Å². The minimum Gasteiger partial charge on any atom is -0.466 e. The lowest BCUT2D eigenvalue weighted by atomic mass is 9.90. The first-order valence-electron chi connectivity index (χ1n) is 8.00. The van der Waals surface area contributed by atoms with Gasteiger partial charge in [0.15, 0.2) is 5.96 Å². The first-order valence-corrected chi connectivity index (χ1v) is 8.00. The number of nitrogens with zero attached hydrogens (tertiary/aromatic N) is 1. The maximum atomic E-state index is 10.4. The lowest BCUT2D eigenvalue weighted by Gasteiger charge is -2.21. The summed E-state index contributed by atoms with van der Waals surface area (Å²) in [6.07, 6.45) is 6.17.